The number of nitrogen functional groups attached to an aromatic ring is 1. The number of ketones is 2. The van der Waals surface area contributed by atoms with Crippen LogP contribution in [0, 0.1) is 0 Å². The predicted octanol–water partition coefficient (Wildman–Crippen LogP) is 2.40. The van der Waals surface area contributed by atoms with Crippen LogP contribution in [0.15, 0.2) is 30.3 Å². The molecule has 0 heterocycles. The van der Waals surface area contributed by atoms with E-state index in [4.69, 9.17) is 17.3 Å². The first-order valence-corrected chi connectivity index (χ1v) is 5.89. The molecule has 5 heteroatoms. The smallest absolute Gasteiger partial charge is 0.200 e. The van der Waals surface area contributed by atoms with Crippen molar-refractivity contribution in [3.63, 3.8) is 0 Å². The molecule has 94 valence electrons. The molecule has 1 aliphatic rings. The fourth-order valence-corrected chi connectivity index (χ4v) is 2.43. The second-order valence-corrected chi connectivity index (χ2v) is 4.65. The zero-order chi connectivity index (χ0) is 13.7. The Hall–Kier alpha value is -2.33. The molecule has 0 unspecified atom stereocenters. The van der Waals surface area contributed by atoms with Crippen LogP contribution in [0.1, 0.15) is 31.8 Å². The number of carbonyl (C=O) groups excluding carboxylic acids is 2. The van der Waals surface area contributed by atoms with Gasteiger partial charge in [0, 0.05) is 16.8 Å². The summed E-state index contributed by atoms with van der Waals surface area (Å²) in [5.74, 6) is -1.21. The van der Waals surface area contributed by atoms with Gasteiger partial charge in [-0.05, 0) is 18.2 Å². The number of halogens is 1. The normalized spacial score (nSPS) is 13.1. The second-order valence-electron chi connectivity index (χ2n) is 4.25. The molecule has 0 atom stereocenters. The number of carbonyl (C=O) groups is 2. The number of benzene rings is 2. The van der Waals surface area contributed by atoms with Crippen LogP contribution >= 0.6 is 11.6 Å². The van der Waals surface area contributed by atoms with E-state index >= 15 is 0 Å². The first kappa shape index (κ1) is 11.7. The van der Waals surface area contributed by atoms with E-state index < -0.39 is 5.78 Å². The minimum absolute atomic E-state index is 0.0258. The van der Waals surface area contributed by atoms with Gasteiger partial charge in [-0.15, -0.1) is 0 Å². The molecule has 1 aliphatic carbocycles. The van der Waals surface area contributed by atoms with Gasteiger partial charge in [-0.2, -0.15) is 0 Å². The van der Waals surface area contributed by atoms with Crippen molar-refractivity contribution in [3.8, 4) is 5.75 Å². The average molecular weight is 274 g/mol. The molecule has 0 saturated carbocycles. The van der Waals surface area contributed by atoms with Gasteiger partial charge in [-0.1, -0.05) is 23.7 Å². The number of phenolic OH excluding ortho intramolecular Hbond substituents is 1. The molecular weight excluding hydrogens is 266 g/mol. The monoisotopic (exact) mass is 273 g/mol. The molecule has 0 saturated heterocycles. The lowest BCUT2D eigenvalue weighted by Gasteiger charge is -2.19. The number of fused-ring (bicyclic) bond motifs is 2. The Kier molecular flexibility index (Phi) is 2.37. The number of phenols is 1. The van der Waals surface area contributed by atoms with E-state index in [1.807, 2.05) is 0 Å². The maximum atomic E-state index is 12.4. The zero-order valence-electron chi connectivity index (χ0n) is 9.61. The quantitative estimate of drug-likeness (QED) is 0.616. The fraction of sp³-hybridized carbons (Fsp3) is 0. The molecule has 0 radical (unpaired) electrons. The maximum absolute atomic E-state index is 12.4. The second kappa shape index (κ2) is 3.83. The number of hydrogen-bond acceptors (Lipinski definition) is 4. The minimum atomic E-state index is -0.484. The summed E-state index contributed by atoms with van der Waals surface area (Å²) in [6.45, 7) is 0. The summed E-state index contributed by atoms with van der Waals surface area (Å²) in [5.41, 5.74) is 6.40. The summed E-state index contributed by atoms with van der Waals surface area (Å²) in [4.78, 5) is 24.7. The molecule has 0 aromatic heterocycles. The molecule has 19 heavy (non-hydrogen) atoms. The predicted molar refractivity (Wildman–Crippen MR) is 70.8 cm³/mol. The highest BCUT2D eigenvalue weighted by molar-refractivity contribution is 6.36. The van der Waals surface area contributed by atoms with E-state index in [9.17, 15) is 14.7 Å². The van der Waals surface area contributed by atoms with E-state index in [0.29, 0.717) is 0 Å². The van der Waals surface area contributed by atoms with Crippen molar-refractivity contribution in [2.24, 2.45) is 0 Å². The number of hydrogen-bond donors (Lipinski definition) is 2. The Morgan fingerprint density at radius 1 is 0.947 bits per heavy atom. The van der Waals surface area contributed by atoms with Gasteiger partial charge in [0.25, 0.3) is 0 Å². The SMILES string of the molecule is Nc1cccc2c1C(=O)c1c(ccc(Cl)c1O)C2=O. The third-order valence-corrected chi connectivity index (χ3v) is 3.47. The fourth-order valence-electron chi connectivity index (χ4n) is 2.27. The molecule has 0 spiro atoms. The first-order valence-electron chi connectivity index (χ1n) is 5.51. The molecule has 3 N–H and O–H groups in total. The van der Waals surface area contributed by atoms with E-state index in [2.05, 4.69) is 0 Å². The first-order chi connectivity index (χ1) is 9.02. The molecule has 0 amide bonds. The van der Waals surface area contributed by atoms with E-state index in [0.717, 1.165) is 0 Å². The van der Waals surface area contributed by atoms with Crippen LogP contribution in [0.5, 0.6) is 5.75 Å². The van der Waals surface area contributed by atoms with Crippen molar-refractivity contribution >= 4 is 28.9 Å². The molecule has 0 fully saturated rings. The Morgan fingerprint density at radius 2 is 1.63 bits per heavy atom. The van der Waals surface area contributed by atoms with Crippen LogP contribution in [0.4, 0.5) is 5.69 Å². The number of aromatic hydroxyl groups is 1. The lowest BCUT2D eigenvalue weighted by molar-refractivity contribution is 0.0977. The van der Waals surface area contributed by atoms with Gasteiger partial charge >= 0.3 is 0 Å². The number of anilines is 1. The van der Waals surface area contributed by atoms with Crippen molar-refractivity contribution in [2.45, 2.75) is 0 Å². The summed E-state index contributed by atoms with van der Waals surface area (Å²) >= 11 is 5.78. The Bertz CT molecular complexity index is 753. The number of nitrogens with two attached hydrogens (primary N) is 1. The van der Waals surface area contributed by atoms with Crippen LogP contribution in [0.25, 0.3) is 0 Å². The van der Waals surface area contributed by atoms with Gasteiger partial charge in [0.05, 0.1) is 16.1 Å². The molecule has 3 rings (SSSR count). The van der Waals surface area contributed by atoms with Crippen molar-refractivity contribution < 1.29 is 14.7 Å². The van der Waals surface area contributed by atoms with Gasteiger partial charge in [-0.3, -0.25) is 9.59 Å². The van der Waals surface area contributed by atoms with E-state index in [1.165, 1.54) is 18.2 Å². The summed E-state index contributed by atoms with van der Waals surface area (Å²) in [5, 5.41) is 9.93. The summed E-state index contributed by atoms with van der Waals surface area (Å²) in [6.07, 6.45) is 0. The minimum Gasteiger partial charge on any atom is -0.506 e. The van der Waals surface area contributed by atoms with Crippen LogP contribution in [0.3, 0.4) is 0 Å². The van der Waals surface area contributed by atoms with Gasteiger partial charge in [0.15, 0.2) is 11.6 Å². The van der Waals surface area contributed by atoms with Gasteiger partial charge in [0.1, 0.15) is 5.75 Å². The third-order valence-electron chi connectivity index (χ3n) is 3.17. The standard InChI is InChI=1S/C14H8ClNO3/c15-8-5-4-7-11(13(8)18)14(19)10-6(12(7)17)2-1-3-9(10)16/h1-5,18H,16H2. The van der Waals surface area contributed by atoms with Crippen LogP contribution < -0.4 is 5.73 Å². The summed E-state index contributed by atoms with van der Waals surface area (Å²) in [7, 11) is 0. The molecule has 0 aliphatic heterocycles. The highest BCUT2D eigenvalue weighted by Gasteiger charge is 2.33. The van der Waals surface area contributed by atoms with Crippen LogP contribution in [-0.2, 0) is 0 Å². The van der Waals surface area contributed by atoms with Crippen molar-refractivity contribution in [1.82, 2.24) is 0 Å². The van der Waals surface area contributed by atoms with E-state index in [1.54, 1.807) is 12.1 Å². The van der Waals surface area contributed by atoms with Crippen LogP contribution in [-0.4, -0.2) is 16.7 Å². The molecule has 2 aromatic rings. The molecule has 0 bridgehead atoms. The lowest BCUT2D eigenvalue weighted by Crippen LogP contribution is -2.22. The Morgan fingerprint density at radius 3 is 2.37 bits per heavy atom. The van der Waals surface area contributed by atoms with Gasteiger partial charge < -0.3 is 10.8 Å². The lowest BCUT2D eigenvalue weighted by atomic mass is 9.83. The average Bonchev–Trinajstić information content (AvgIpc) is 2.39. The summed E-state index contributed by atoms with van der Waals surface area (Å²) in [6, 6.07) is 7.51. The molecular formula is C14H8ClNO3. The Labute approximate surface area is 113 Å². The largest absolute Gasteiger partial charge is 0.506 e. The highest BCUT2D eigenvalue weighted by atomic mass is 35.5. The van der Waals surface area contributed by atoms with Crippen molar-refractivity contribution in [3.05, 3.63) is 57.6 Å². The third kappa shape index (κ3) is 1.47. The summed E-state index contributed by atoms with van der Waals surface area (Å²) < 4.78 is 0. The maximum Gasteiger partial charge on any atom is 0.200 e. The van der Waals surface area contributed by atoms with Gasteiger partial charge in [0.2, 0.25) is 0 Å². The van der Waals surface area contributed by atoms with Crippen molar-refractivity contribution in [2.75, 3.05) is 5.73 Å². The highest BCUT2D eigenvalue weighted by Crippen LogP contribution is 2.38. The van der Waals surface area contributed by atoms with Crippen molar-refractivity contribution in [1.29, 1.82) is 0 Å². The topological polar surface area (TPSA) is 80.4 Å². The number of rotatable bonds is 0. The zero-order valence-corrected chi connectivity index (χ0v) is 10.4. The van der Waals surface area contributed by atoms with E-state index in [-0.39, 0.29) is 44.5 Å². The Balaban J connectivity index is 2.40. The molecule has 2 aromatic carbocycles. The van der Waals surface area contributed by atoms with Gasteiger partial charge in [-0.25, -0.2) is 0 Å². The van der Waals surface area contributed by atoms with Crippen LogP contribution in [0.2, 0.25) is 5.02 Å². The molecule has 4 nitrogen and oxygen atoms in total.